The Labute approximate surface area is 107 Å². The molecular formula is C15H20N2O. The Hall–Kier alpha value is -1.35. The van der Waals surface area contributed by atoms with Crippen molar-refractivity contribution in [1.82, 2.24) is 4.98 Å². The minimum absolute atomic E-state index is 0.358. The van der Waals surface area contributed by atoms with Crippen LogP contribution in [0.25, 0.3) is 11.1 Å². The Balaban J connectivity index is 2.02. The van der Waals surface area contributed by atoms with Gasteiger partial charge in [-0.05, 0) is 37.5 Å². The van der Waals surface area contributed by atoms with Gasteiger partial charge in [-0.2, -0.15) is 0 Å². The predicted molar refractivity (Wildman–Crippen MR) is 72.3 cm³/mol. The van der Waals surface area contributed by atoms with Crippen LogP contribution in [-0.4, -0.2) is 4.98 Å². The zero-order chi connectivity index (χ0) is 12.6. The number of fused-ring (bicyclic) bond motifs is 1. The number of nitrogens with zero attached hydrogens (tertiary/aromatic N) is 1. The van der Waals surface area contributed by atoms with Gasteiger partial charge in [-0.25, -0.2) is 4.98 Å². The molecule has 3 nitrogen and oxygen atoms in total. The van der Waals surface area contributed by atoms with Crippen LogP contribution in [0.2, 0.25) is 0 Å². The fourth-order valence-corrected chi connectivity index (χ4v) is 2.82. The summed E-state index contributed by atoms with van der Waals surface area (Å²) in [5.74, 6) is 0.727. The molecule has 0 bridgehead atoms. The molecule has 0 radical (unpaired) electrons. The smallest absolute Gasteiger partial charge is 0.215 e. The van der Waals surface area contributed by atoms with Crippen LogP contribution in [0.5, 0.6) is 0 Å². The van der Waals surface area contributed by atoms with Crippen molar-refractivity contribution in [3.05, 3.63) is 29.7 Å². The molecule has 3 heteroatoms. The summed E-state index contributed by atoms with van der Waals surface area (Å²) in [6, 6.07) is 6.11. The Bertz CT molecular complexity index is 551. The van der Waals surface area contributed by atoms with Gasteiger partial charge < -0.3 is 10.2 Å². The summed E-state index contributed by atoms with van der Waals surface area (Å²) in [5.41, 5.74) is 9.14. The molecule has 0 spiro atoms. The quantitative estimate of drug-likeness (QED) is 0.779. The van der Waals surface area contributed by atoms with E-state index in [0.717, 1.165) is 29.8 Å². The molecule has 0 amide bonds. The number of aromatic nitrogens is 1. The minimum atomic E-state index is -0.358. The second-order valence-corrected chi connectivity index (χ2v) is 5.56. The summed E-state index contributed by atoms with van der Waals surface area (Å²) in [5, 5.41) is 0. The molecule has 1 aliphatic rings. The molecule has 0 aliphatic heterocycles. The highest BCUT2D eigenvalue weighted by Crippen LogP contribution is 2.34. The van der Waals surface area contributed by atoms with Gasteiger partial charge in [0.2, 0.25) is 5.89 Å². The second-order valence-electron chi connectivity index (χ2n) is 5.56. The van der Waals surface area contributed by atoms with Gasteiger partial charge in [-0.1, -0.05) is 31.7 Å². The Morgan fingerprint density at radius 3 is 2.61 bits per heavy atom. The average molecular weight is 244 g/mol. The standard InChI is InChI=1S/C15H20N2O/c1-11-6-7-12-13(10-11)18-14(17-12)15(16)8-4-2-3-5-9-15/h6-7,10H,2-5,8-9,16H2,1H3. The lowest BCUT2D eigenvalue weighted by molar-refractivity contribution is 0.301. The molecule has 1 heterocycles. The lowest BCUT2D eigenvalue weighted by Crippen LogP contribution is -2.36. The van der Waals surface area contributed by atoms with Gasteiger partial charge in [-0.3, -0.25) is 0 Å². The summed E-state index contributed by atoms with van der Waals surface area (Å²) in [7, 11) is 0. The molecule has 1 fully saturated rings. The lowest BCUT2D eigenvalue weighted by atomic mass is 9.91. The summed E-state index contributed by atoms with van der Waals surface area (Å²) < 4.78 is 5.91. The van der Waals surface area contributed by atoms with Crippen LogP contribution < -0.4 is 5.73 Å². The van der Waals surface area contributed by atoms with E-state index in [0.29, 0.717) is 0 Å². The number of hydrogen-bond donors (Lipinski definition) is 1. The van der Waals surface area contributed by atoms with Crippen LogP contribution in [0.15, 0.2) is 22.6 Å². The third-order valence-corrected chi connectivity index (χ3v) is 3.97. The van der Waals surface area contributed by atoms with Crippen molar-refractivity contribution < 1.29 is 4.42 Å². The molecule has 0 saturated heterocycles. The van der Waals surface area contributed by atoms with Crippen LogP contribution in [0.4, 0.5) is 0 Å². The van der Waals surface area contributed by atoms with Crippen LogP contribution in [0.1, 0.15) is 50.0 Å². The average Bonchev–Trinajstić information content (AvgIpc) is 2.65. The Morgan fingerprint density at radius 2 is 1.89 bits per heavy atom. The molecule has 1 aliphatic carbocycles. The fraction of sp³-hybridized carbons (Fsp3) is 0.533. The number of rotatable bonds is 1. The predicted octanol–water partition coefficient (Wildman–Crippen LogP) is 3.64. The monoisotopic (exact) mass is 244 g/mol. The summed E-state index contributed by atoms with van der Waals surface area (Å²) >= 11 is 0. The number of aryl methyl sites for hydroxylation is 1. The van der Waals surface area contributed by atoms with Gasteiger partial charge in [0.15, 0.2) is 5.58 Å². The van der Waals surface area contributed by atoms with Gasteiger partial charge in [0.25, 0.3) is 0 Å². The van der Waals surface area contributed by atoms with Crippen LogP contribution >= 0.6 is 0 Å². The maximum absolute atomic E-state index is 6.53. The molecule has 18 heavy (non-hydrogen) atoms. The summed E-state index contributed by atoms with van der Waals surface area (Å²) in [6.07, 6.45) is 6.87. The van der Waals surface area contributed by atoms with Crippen LogP contribution in [0.3, 0.4) is 0 Å². The highest BCUT2D eigenvalue weighted by Gasteiger charge is 2.33. The van der Waals surface area contributed by atoms with Gasteiger partial charge in [0.1, 0.15) is 5.52 Å². The number of oxazole rings is 1. The number of benzene rings is 1. The first-order valence-corrected chi connectivity index (χ1v) is 6.84. The van der Waals surface area contributed by atoms with E-state index < -0.39 is 0 Å². The zero-order valence-corrected chi connectivity index (χ0v) is 10.9. The number of nitrogens with two attached hydrogens (primary N) is 1. The van der Waals surface area contributed by atoms with E-state index in [1.807, 2.05) is 12.1 Å². The first-order chi connectivity index (χ1) is 8.67. The van der Waals surface area contributed by atoms with E-state index in [-0.39, 0.29) is 5.54 Å². The molecule has 3 rings (SSSR count). The highest BCUT2D eigenvalue weighted by molar-refractivity contribution is 5.73. The molecule has 1 saturated carbocycles. The van der Waals surface area contributed by atoms with E-state index in [2.05, 4.69) is 18.0 Å². The van der Waals surface area contributed by atoms with Gasteiger partial charge in [0, 0.05) is 0 Å². The van der Waals surface area contributed by atoms with Crippen molar-refractivity contribution in [2.75, 3.05) is 0 Å². The van der Waals surface area contributed by atoms with E-state index in [4.69, 9.17) is 10.2 Å². The molecule has 1 aromatic carbocycles. The number of hydrogen-bond acceptors (Lipinski definition) is 3. The zero-order valence-electron chi connectivity index (χ0n) is 10.9. The first-order valence-electron chi connectivity index (χ1n) is 6.84. The third kappa shape index (κ3) is 2.03. The van der Waals surface area contributed by atoms with Crippen LogP contribution in [0, 0.1) is 6.92 Å². The van der Waals surface area contributed by atoms with Crippen LogP contribution in [-0.2, 0) is 5.54 Å². The Morgan fingerprint density at radius 1 is 1.17 bits per heavy atom. The van der Waals surface area contributed by atoms with Crippen molar-refractivity contribution in [2.24, 2.45) is 5.73 Å². The van der Waals surface area contributed by atoms with Crippen molar-refractivity contribution in [3.63, 3.8) is 0 Å². The molecule has 0 atom stereocenters. The molecular weight excluding hydrogens is 224 g/mol. The minimum Gasteiger partial charge on any atom is -0.439 e. The van der Waals surface area contributed by atoms with Crippen molar-refractivity contribution in [1.29, 1.82) is 0 Å². The SMILES string of the molecule is Cc1ccc2nc(C3(N)CCCCCC3)oc2c1. The van der Waals surface area contributed by atoms with Crippen molar-refractivity contribution >= 4 is 11.1 Å². The van der Waals surface area contributed by atoms with Gasteiger partial charge >= 0.3 is 0 Å². The molecule has 1 aromatic heterocycles. The maximum Gasteiger partial charge on any atom is 0.215 e. The largest absolute Gasteiger partial charge is 0.439 e. The van der Waals surface area contributed by atoms with E-state index >= 15 is 0 Å². The maximum atomic E-state index is 6.53. The fourth-order valence-electron chi connectivity index (χ4n) is 2.82. The molecule has 0 unspecified atom stereocenters. The lowest BCUT2D eigenvalue weighted by Gasteiger charge is -2.23. The van der Waals surface area contributed by atoms with Crippen molar-refractivity contribution in [2.45, 2.75) is 51.0 Å². The first kappa shape index (κ1) is 11.7. The summed E-state index contributed by atoms with van der Waals surface area (Å²) in [6.45, 7) is 2.06. The third-order valence-electron chi connectivity index (χ3n) is 3.97. The van der Waals surface area contributed by atoms with E-state index in [1.165, 1.54) is 31.2 Å². The molecule has 2 N–H and O–H groups in total. The summed E-state index contributed by atoms with van der Waals surface area (Å²) in [4.78, 5) is 4.60. The molecule has 2 aromatic rings. The van der Waals surface area contributed by atoms with Gasteiger partial charge in [0.05, 0.1) is 5.54 Å². The second kappa shape index (κ2) is 4.39. The van der Waals surface area contributed by atoms with Crippen molar-refractivity contribution in [3.8, 4) is 0 Å². The van der Waals surface area contributed by atoms with E-state index in [1.54, 1.807) is 0 Å². The normalized spacial score (nSPS) is 19.9. The van der Waals surface area contributed by atoms with Gasteiger partial charge in [-0.15, -0.1) is 0 Å². The van der Waals surface area contributed by atoms with E-state index in [9.17, 15) is 0 Å². The molecule has 96 valence electrons. The topological polar surface area (TPSA) is 52.0 Å². The Kier molecular flexibility index (Phi) is 2.86. The highest BCUT2D eigenvalue weighted by atomic mass is 16.4.